The van der Waals surface area contributed by atoms with Gasteiger partial charge in [-0.3, -0.25) is 9.78 Å². The third-order valence-corrected chi connectivity index (χ3v) is 6.72. The Morgan fingerprint density at radius 2 is 1.95 bits per heavy atom. The molecule has 0 radical (unpaired) electrons. The number of hydrogen-bond donors (Lipinski definition) is 1. The highest BCUT2D eigenvalue weighted by Gasteiger charge is 2.20. The molecule has 0 amide bonds. The first-order valence-electron chi connectivity index (χ1n) is 11.7. The Bertz CT molecular complexity index is 1920. The van der Waals surface area contributed by atoms with E-state index < -0.39 is 10.5 Å². The molecule has 0 spiro atoms. The van der Waals surface area contributed by atoms with Gasteiger partial charge in [-0.1, -0.05) is 23.8 Å². The summed E-state index contributed by atoms with van der Waals surface area (Å²) in [5.74, 6) is 0.00674. The summed E-state index contributed by atoms with van der Waals surface area (Å²) < 4.78 is 41.6. The van der Waals surface area contributed by atoms with E-state index in [1.54, 1.807) is 24.4 Å². The second-order valence-corrected chi connectivity index (χ2v) is 10.3. The van der Waals surface area contributed by atoms with Crippen molar-refractivity contribution in [2.75, 3.05) is 0 Å². The fraction of sp³-hybridized carbons (Fsp3) is 0.222. The SMILES string of the molecule is CCn1c2cc(-c3cncc(OS(=O)(=O)F)c3)c(CC(C)C)cc2c(=O)c2c3ccc(C#N)cc3[nH]c21. The first kappa shape index (κ1) is 24.5. The van der Waals surface area contributed by atoms with E-state index in [-0.39, 0.29) is 17.1 Å². The molecule has 8 nitrogen and oxygen atoms in total. The summed E-state index contributed by atoms with van der Waals surface area (Å²) >= 11 is 0. The molecule has 0 saturated heterocycles. The van der Waals surface area contributed by atoms with Gasteiger partial charge in [-0.05, 0) is 60.7 Å². The average molecular weight is 519 g/mol. The summed E-state index contributed by atoms with van der Waals surface area (Å²) in [6.07, 6.45) is 3.30. The highest BCUT2D eigenvalue weighted by atomic mass is 32.3. The van der Waals surface area contributed by atoms with Gasteiger partial charge in [0.1, 0.15) is 5.65 Å². The van der Waals surface area contributed by atoms with Crippen molar-refractivity contribution in [3.8, 4) is 22.9 Å². The third-order valence-electron chi connectivity index (χ3n) is 6.33. The number of aromatic nitrogens is 3. The largest absolute Gasteiger partial charge is 0.488 e. The summed E-state index contributed by atoms with van der Waals surface area (Å²) in [5, 5.41) is 11.2. The van der Waals surface area contributed by atoms with Crippen molar-refractivity contribution in [3.63, 3.8) is 0 Å². The molecule has 37 heavy (non-hydrogen) atoms. The van der Waals surface area contributed by atoms with Crippen LogP contribution in [0.2, 0.25) is 0 Å². The maximum atomic E-state index is 13.8. The molecule has 2 aromatic carbocycles. The number of benzene rings is 2. The number of pyridine rings is 2. The number of rotatable bonds is 6. The molecule has 0 unspecified atom stereocenters. The number of nitrogens with one attached hydrogen (secondary N) is 1. The first-order chi connectivity index (χ1) is 17.6. The fourth-order valence-corrected chi connectivity index (χ4v) is 5.23. The number of fused-ring (bicyclic) bond motifs is 4. The maximum Gasteiger partial charge on any atom is 0.488 e. The summed E-state index contributed by atoms with van der Waals surface area (Å²) in [7, 11) is -5.21. The zero-order valence-electron chi connectivity index (χ0n) is 20.4. The standard InChI is InChI=1S/C27H23FN4O4S/c1-4-32-24-11-21(18-9-19(14-30-13-18)36-37(28,34)35)17(7-15(2)3)10-22(24)26(33)25-20-6-5-16(12-29)8-23(20)31-27(25)32/h5-6,8-11,13-15,31H,4,7H2,1-3H3. The molecule has 10 heteroatoms. The van der Waals surface area contributed by atoms with Crippen molar-refractivity contribution in [1.29, 1.82) is 5.26 Å². The second-order valence-electron chi connectivity index (χ2n) is 9.30. The van der Waals surface area contributed by atoms with Crippen LogP contribution in [0, 0.1) is 17.2 Å². The summed E-state index contributed by atoms with van der Waals surface area (Å²) in [6.45, 7) is 6.64. The molecule has 0 aliphatic heterocycles. The normalized spacial score (nSPS) is 12.0. The van der Waals surface area contributed by atoms with Gasteiger partial charge in [-0.25, -0.2) is 0 Å². The zero-order chi connectivity index (χ0) is 26.5. The summed E-state index contributed by atoms with van der Waals surface area (Å²) in [5.41, 5.74) is 4.53. The van der Waals surface area contributed by atoms with Crippen molar-refractivity contribution in [2.24, 2.45) is 5.92 Å². The van der Waals surface area contributed by atoms with Gasteiger partial charge < -0.3 is 13.7 Å². The van der Waals surface area contributed by atoms with Crippen molar-refractivity contribution in [1.82, 2.24) is 14.5 Å². The van der Waals surface area contributed by atoms with E-state index in [9.17, 15) is 22.4 Å². The van der Waals surface area contributed by atoms with Gasteiger partial charge in [0, 0.05) is 34.6 Å². The predicted octanol–water partition coefficient (Wildman–Crippen LogP) is 5.38. The number of aryl methyl sites for hydroxylation is 1. The molecule has 5 aromatic rings. The monoisotopic (exact) mass is 518 g/mol. The molecule has 3 heterocycles. The number of aromatic amines is 1. The van der Waals surface area contributed by atoms with Crippen molar-refractivity contribution in [2.45, 2.75) is 33.7 Å². The first-order valence-corrected chi connectivity index (χ1v) is 13.0. The molecule has 0 bridgehead atoms. The molecule has 0 atom stereocenters. The Morgan fingerprint density at radius 1 is 1.16 bits per heavy atom. The minimum Gasteiger partial charge on any atom is -0.357 e. The van der Waals surface area contributed by atoms with Gasteiger partial charge in [-0.15, -0.1) is 0 Å². The van der Waals surface area contributed by atoms with Crippen molar-refractivity contribution >= 4 is 43.3 Å². The Morgan fingerprint density at radius 3 is 2.62 bits per heavy atom. The highest BCUT2D eigenvalue weighted by Crippen LogP contribution is 2.34. The predicted molar refractivity (Wildman–Crippen MR) is 140 cm³/mol. The van der Waals surface area contributed by atoms with E-state index in [4.69, 9.17) is 0 Å². The van der Waals surface area contributed by atoms with Gasteiger partial charge in [0.25, 0.3) is 0 Å². The smallest absolute Gasteiger partial charge is 0.357 e. The molecule has 0 saturated carbocycles. The second kappa shape index (κ2) is 9.01. The molecule has 5 rings (SSSR count). The number of halogens is 1. The van der Waals surface area contributed by atoms with Crippen LogP contribution in [0.15, 0.2) is 53.6 Å². The lowest BCUT2D eigenvalue weighted by Crippen LogP contribution is -2.12. The molecule has 1 N–H and O–H groups in total. The topological polar surface area (TPSA) is 118 Å². The van der Waals surface area contributed by atoms with E-state index in [1.165, 1.54) is 6.07 Å². The van der Waals surface area contributed by atoms with Gasteiger partial charge in [0.2, 0.25) is 0 Å². The lowest BCUT2D eigenvalue weighted by Gasteiger charge is -2.17. The molecule has 0 fully saturated rings. The van der Waals surface area contributed by atoms with Crippen molar-refractivity contribution < 1.29 is 16.5 Å². The van der Waals surface area contributed by atoms with E-state index in [0.717, 1.165) is 22.7 Å². The molecule has 3 aromatic heterocycles. The minimum atomic E-state index is -5.21. The zero-order valence-corrected chi connectivity index (χ0v) is 21.2. The van der Waals surface area contributed by atoms with Crippen LogP contribution in [0.1, 0.15) is 31.9 Å². The average Bonchev–Trinajstić information content (AvgIpc) is 3.21. The van der Waals surface area contributed by atoms with Crippen LogP contribution in [0.5, 0.6) is 5.75 Å². The molecular formula is C27H23FN4O4S. The Balaban J connectivity index is 1.85. The molecular weight excluding hydrogens is 495 g/mol. The summed E-state index contributed by atoms with van der Waals surface area (Å²) in [6, 6.07) is 12.5. The molecule has 0 aliphatic carbocycles. The van der Waals surface area contributed by atoms with Crippen molar-refractivity contribution in [3.05, 3.63) is 70.1 Å². The third kappa shape index (κ3) is 4.42. The Hall–Kier alpha value is -4.23. The van der Waals surface area contributed by atoms with Crippen LogP contribution in [-0.2, 0) is 23.5 Å². The van der Waals surface area contributed by atoms with Crippen LogP contribution in [-0.4, -0.2) is 23.0 Å². The van der Waals surface area contributed by atoms with E-state index >= 15 is 0 Å². The number of hydrogen-bond acceptors (Lipinski definition) is 6. The van der Waals surface area contributed by atoms with Crippen LogP contribution >= 0.6 is 0 Å². The number of nitriles is 1. The molecule has 0 aliphatic rings. The van der Waals surface area contributed by atoms with Crippen LogP contribution in [0.4, 0.5) is 3.89 Å². The molecule has 188 valence electrons. The minimum absolute atomic E-state index is 0.124. The van der Waals surface area contributed by atoms with Gasteiger partial charge in [0.05, 0.1) is 28.7 Å². The fourth-order valence-electron chi connectivity index (χ4n) is 4.91. The van der Waals surface area contributed by atoms with Crippen LogP contribution in [0.3, 0.4) is 0 Å². The highest BCUT2D eigenvalue weighted by molar-refractivity contribution is 7.81. The van der Waals surface area contributed by atoms with E-state index in [2.05, 4.69) is 34.1 Å². The van der Waals surface area contributed by atoms with Gasteiger partial charge in [0.15, 0.2) is 11.2 Å². The summed E-state index contributed by atoms with van der Waals surface area (Å²) in [4.78, 5) is 21.2. The quantitative estimate of drug-likeness (QED) is 0.302. The Labute approximate surface area is 212 Å². The lowest BCUT2D eigenvalue weighted by atomic mass is 9.92. The maximum absolute atomic E-state index is 13.8. The van der Waals surface area contributed by atoms with Crippen LogP contribution in [0.25, 0.3) is 44.0 Å². The van der Waals surface area contributed by atoms with Gasteiger partial charge in [-0.2, -0.15) is 13.7 Å². The number of nitrogens with zero attached hydrogens (tertiary/aromatic N) is 3. The van der Waals surface area contributed by atoms with E-state index in [1.807, 2.05) is 23.6 Å². The van der Waals surface area contributed by atoms with Crippen LogP contribution < -0.4 is 9.61 Å². The van der Waals surface area contributed by atoms with E-state index in [0.29, 0.717) is 51.5 Å². The number of H-pyrrole nitrogens is 1. The Kier molecular flexibility index (Phi) is 5.96. The lowest BCUT2D eigenvalue weighted by molar-refractivity contribution is 0.439. The van der Waals surface area contributed by atoms with Gasteiger partial charge >= 0.3 is 10.5 Å².